The van der Waals surface area contributed by atoms with Crippen LogP contribution in [-0.2, 0) is 127 Å². The van der Waals surface area contributed by atoms with Crippen molar-refractivity contribution >= 4 is 188 Å². The summed E-state index contributed by atoms with van der Waals surface area (Å²) in [6.45, 7) is 11.4. The highest BCUT2D eigenvalue weighted by molar-refractivity contribution is 7.99. The van der Waals surface area contributed by atoms with Crippen molar-refractivity contribution in [2.24, 2.45) is 49.3 Å². The van der Waals surface area contributed by atoms with E-state index in [0.717, 1.165) is 272 Å². The number of carboxylic acid groups (broad SMARTS) is 3. The van der Waals surface area contributed by atoms with Gasteiger partial charge in [-0.1, -0.05) is 147 Å². The van der Waals surface area contributed by atoms with Crippen molar-refractivity contribution in [3.63, 3.8) is 0 Å². The normalized spacial score (nSPS) is 16.6. The highest BCUT2D eigenvalue weighted by atomic mass is 35.5. The summed E-state index contributed by atoms with van der Waals surface area (Å²) in [5, 5.41) is 72.5. The number of aromatic nitrogens is 15. The number of carboxylic acids is 3. The molecule has 0 amide bonds. The molecule has 144 heavy (non-hydrogen) atoms. The van der Waals surface area contributed by atoms with Crippen molar-refractivity contribution in [3.05, 3.63) is 281 Å². The molecule has 0 spiro atoms. The first-order valence-electron chi connectivity index (χ1n) is 48.6. The van der Waals surface area contributed by atoms with E-state index in [2.05, 4.69) is 133 Å². The van der Waals surface area contributed by atoms with Gasteiger partial charge in [-0.25, -0.2) is 14.4 Å². The second kappa shape index (κ2) is 41.4. The molecule has 0 saturated carbocycles. The van der Waals surface area contributed by atoms with E-state index >= 15 is 0 Å². The zero-order chi connectivity index (χ0) is 99.9. The topological polar surface area (TPSA) is 261 Å². The lowest BCUT2D eigenvalue weighted by molar-refractivity contribution is 0.0674. The van der Waals surface area contributed by atoms with Gasteiger partial charge in [0.25, 0.3) is 0 Å². The van der Waals surface area contributed by atoms with Gasteiger partial charge in [0.2, 0.25) is 0 Å². The molecule has 0 saturated heterocycles. The summed E-state index contributed by atoms with van der Waals surface area (Å²) in [4.78, 5) is 42.2. The number of hydrogen-bond donors (Lipinski definition) is 3. The Bertz CT molecular complexity index is 8160. The van der Waals surface area contributed by atoms with E-state index in [9.17, 15) is 29.7 Å². The van der Waals surface area contributed by atoms with Crippen LogP contribution in [0.25, 0.3) is 98.4 Å². The Hall–Kier alpha value is -11.6. The molecule has 3 N–H and O–H groups in total. The average molecular weight is 2100 g/mol. The fourth-order valence-corrected chi connectivity index (χ4v) is 28.1. The van der Waals surface area contributed by atoms with Gasteiger partial charge in [0.05, 0.1) is 85.6 Å². The van der Waals surface area contributed by atoms with Crippen LogP contribution in [0.3, 0.4) is 0 Å². The SMILES string of the molecule is CC1CCOc2cc(cc3ccccc23)SCc2cc(nn2C)CSCc2nn3c(c2-c2c(Cl)ccc4c1c(C(=O)O)n(C)c24)CCC3.CC1CCOc2cc(cc3ccccc23)SCc2cc(nn2C)CSCc2nn3c(c2-c2c(Cl)ccc4c1c(C(=O)O)n(C)c24)CCCC3.Cc1c2c(nn1C)CSCc1cc(n(C)n1)CSc1cc(c3ccccc3c1)OCCC(C)c1c(C(=O)O)n(C)c3c-2c(Cl)ccc13. The van der Waals surface area contributed by atoms with Crippen molar-refractivity contribution in [2.75, 3.05) is 19.8 Å². The van der Waals surface area contributed by atoms with Crippen LogP contribution in [0.1, 0.15) is 194 Å². The van der Waals surface area contributed by atoms with Gasteiger partial charge in [-0.15, -0.1) is 70.6 Å². The van der Waals surface area contributed by atoms with Crippen LogP contribution in [0.15, 0.2) is 178 Å². The maximum absolute atomic E-state index is 13.0. The van der Waals surface area contributed by atoms with E-state index in [4.69, 9.17) is 79.6 Å². The van der Waals surface area contributed by atoms with Gasteiger partial charge in [-0.2, -0.15) is 30.6 Å². The van der Waals surface area contributed by atoms with E-state index in [-0.39, 0.29) is 29.1 Å². The lowest BCUT2D eigenvalue weighted by Crippen LogP contribution is -2.12. The van der Waals surface area contributed by atoms with Crippen LogP contribution < -0.4 is 14.2 Å². The first-order valence-corrected chi connectivity index (χ1v) is 56.2. The Morgan fingerprint density at radius 3 is 1.03 bits per heavy atom. The molecule has 14 heterocycles. The molecule has 33 heteroatoms. The second-order valence-corrected chi connectivity index (χ2v) is 45.4. The van der Waals surface area contributed by atoms with Crippen LogP contribution in [0.2, 0.25) is 15.1 Å². The quantitative estimate of drug-likeness (QED) is 0.148. The van der Waals surface area contributed by atoms with Crippen molar-refractivity contribution in [3.8, 4) is 50.6 Å². The van der Waals surface area contributed by atoms with Gasteiger partial charge < -0.3 is 43.2 Å². The number of fused-ring (bicyclic) bond motifs is 28. The minimum atomic E-state index is -0.966. The maximum atomic E-state index is 13.0. The van der Waals surface area contributed by atoms with Crippen LogP contribution >= 0.6 is 105 Å². The molecule has 3 atom stereocenters. The molecule has 9 aromatic carbocycles. The summed E-state index contributed by atoms with van der Waals surface area (Å²) in [6, 6.07) is 56.2. The summed E-state index contributed by atoms with van der Waals surface area (Å²) < 4.78 is 37.1. The average Bonchev–Trinajstić information content (AvgIpc) is 1.57. The fraction of sp³-hybridized carbons (Fsp3) is 0.324. The Balaban J connectivity index is 0.000000127. The third-order valence-corrected chi connectivity index (χ3v) is 35.8. The van der Waals surface area contributed by atoms with Crippen LogP contribution in [-0.4, -0.2) is 125 Å². The lowest BCUT2D eigenvalue weighted by Gasteiger charge is -2.17. The fourth-order valence-electron chi connectivity index (χ4n) is 21.8. The smallest absolute Gasteiger partial charge is 0.352 e. The minimum absolute atomic E-state index is 0.0848. The van der Waals surface area contributed by atoms with Crippen molar-refractivity contribution < 1.29 is 43.9 Å². The Labute approximate surface area is 874 Å². The molecule has 23 rings (SSSR count). The number of nitrogens with zero attached hydrogens (tertiary/aromatic N) is 15. The summed E-state index contributed by atoms with van der Waals surface area (Å²) in [7, 11) is 13.5. The molecule has 5 aliphatic heterocycles. The molecular weight excluding hydrogens is 1990 g/mol. The highest BCUT2D eigenvalue weighted by Gasteiger charge is 2.37. The zero-order valence-electron chi connectivity index (χ0n) is 82.0. The van der Waals surface area contributed by atoms with Gasteiger partial charge in [0, 0.05) is 229 Å². The highest BCUT2D eigenvalue weighted by Crippen LogP contribution is 2.52. The number of benzene rings is 9. The van der Waals surface area contributed by atoms with Crippen molar-refractivity contribution in [1.82, 2.24) is 72.4 Å². The number of hydrogen-bond acceptors (Lipinski definition) is 18. The van der Waals surface area contributed by atoms with Gasteiger partial charge in [-0.3, -0.25) is 28.1 Å². The summed E-state index contributed by atoms with van der Waals surface area (Å²) in [5.41, 5.74) is 24.2. The molecule has 0 radical (unpaired) electrons. The number of aromatic carboxylic acids is 3. The largest absolute Gasteiger partial charge is 0.493 e. The predicted molar refractivity (Wildman–Crippen MR) is 586 cm³/mol. The molecule has 24 bridgehead atoms. The Morgan fingerprint density at radius 1 is 0.354 bits per heavy atom. The predicted octanol–water partition coefficient (Wildman–Crippen LogP) is 26.8. The number of thioether (sulfide) groups is 6. The monoisotopic (exact) mass is 2090 g/mol. The van der Waals surface area contributed by atoms with Crippen molar-refractivity contribution in [2.45, 2.75) is 176 Å². The first-order chi connectivity index (χ1) is 69.7. The maximum Gasteiger partial charge on any atom is 0.352 e. The zero-order valence-corrected chi connectivity index (χ0v) is 89.1. The van der Waals surface area contributed by atoms with E-state index in [1.807, 2.05) is 145 Å². The number of carbonyl (C=O) groups is 3. The minimum Gasteiger partial charge on any atom is -0.493 e. The van der Waals surface area contributed by atoms with Gasteiger partial charge in [0.15, 0.2) is 0 Å². The van der Waals surface area contributed by atoms with E-state index < -0.39 is 17.9 Å². The number of ether oxygens (including phenoxy) is 3. The molecule has 9 aromatic heterocycles. The Kier molecular flexibility index (Phi) is 28.3. The standard InChI is InChI=1S/C38H38ClN5O3S2.C37H36ClN5O3S2.C36H36ClN5O3S2/c1-22-13-15-47-32-18-26(16-23-8-4-5-9-27(23)32)49-20-25-17-24(40-43(25)3)19-48-21-30-35(31-10-6-7-14-44(31)41-30)34-29(39)12-11-28-33(22)37(38(45)46)42(2)36(28)34;1-21-12-14-46-31-17-25(15-22-7-4-5-8-26(22)31)48-19-24-16-23(39-42(24)3)18-47-20-29-34(30-9-6-13-43(30)40-29)33-28(38)11-10-27-32(21)36(37(44)45)41(2)35(27)33;1-20-12-13-45-30-16-25(14-22-8-6-7-9-26(22)30)47-18-24-15-23(38-42(24)5)17-46-19-29-32(21(2)41(4)39-29)33-28(37)11-10-27-31(20)35(36(43)44)40(3)34(27)33/h4-5,8-9,11-12,16-18,22H,6-7,10,13-15,19-21H2,1-3H3,(H,45,46);4-5,7-8,10-11,15-17,21H,6,9,12-14,18-20H2,1-3H3,(H,44,45);6-11,14-16,20H,12-13,17-19H2,1-5H3,(H,43,44). The number of halogens is 3. The molecular formula is C111H110Cl3N15O9S6. The van der Waals surface area contributed by atoms with Gasteiger partial charge in [-0.05, 0) is 182 Å². The summed E-state index contributed by atoms with van der Waals surface area (Å²) >= 11 is 31.9. The Morgan fingerprint density at radius 2 is 0.681 bits per heavy atom. The van der Waals surface area contributed by atoms with E-state index in [1.165, 1.54) is 22.8 Å². The lowest BCUT2D eigenvalue weighted by atomic mass is 9.92. The van der Waals surface area contributed by atoms with Gasteiger partial charge >= 0.3 is 17.9 Å². The molecule has 18 aromatic rings. The molecule has 5 aliphatic rings. The number of rotatable bonds is 3. The second-order valence-electron chi connectivity index (χ2n) is 38.0. The third kappa shape index (κ3) is 18.9. The number of aryl methyl sites for hydroxylation is 9. The molecule has 0 aliphatic carbocycles. The third-order valence-electron chi connectivity index (χ3n) is 28.9. The summed E-state index contributed by atoms with van der Waals surface area (Å²) in [5.74, 6) is 6.01. The van der Waals surface area contributed by atoms with E-state index in [1.54, 1.807) is 75.1 Å². The molecule has 0 fully saturated rings. The first kappa shape index (κ1) is 98.4. The van der Waals surface area contributed by atoms with E-state index in [0.29, 0.717) is 77.1 Å². The van der Waals surface area contributed by atoms with Crippen LogP contribution in [0, 0.1) is 6.92 Å². The van der Waals surface area contributed by atoms with Crippen LogP contribution in [0.5, 0.6) is 17.2 Å². The molecule has 740 valence electrons. The van der Waals surface area contributed by atoms with Crippen molar-refractivity contribution in [1.29, 1.82) is 0 Å². The molecule has 3 unspecified atom stereocenters. The van der Waals surface area contributed by atoms with Crippen LogP contribution in [0.4, 0.5) is 0 Å². The summed E-state index contributed by atoms with van der Waals surface area (Å²) in [6.07, 6.45) is 6.94. The van der Waals surface area contributed by atoms with Gasteiger partial charge in [0.1, 0.15) is 34.3 Å². The molecule has 24 nitrogen and oxygen atoms in total.